The molecule has 4 rings (SSSR count). The van der Waals surface area contributed by atoms with Crippen molar-refractivity contribution in [3.63, 3.8) is 0 Å². The number of rotatable bonds is 0. The first-order chi connectivity index (χ1) is 5.37. The summed E-state index contributed by atoms with van der Waals surface area (Å²) < 4.78 is -0.0781. The molecule has 0 saturated heterocycles. The van der Waals surface area contributed by atoms with E-state index in [1.807, 2.05) is 0 Å². The smallest absolute Gasteiger partial charge is 0.156 e. The Bertz CT molecular complexity index is 309. The zero-order valence-corrected chi connectivity index (χ0v) is 9.23. The maximum atomic E-state index is 12.0. The number of carbonyl (C=O) groups is 1. The van der Waals surface area contributed by atoms with E-state index in [2.05, 4.69) is 36.7 Å². The first-order valence-corrected chi connectivity index (χ1v) is 5.40. The second kappa shape index (κ2) is 1.45. The minimum atomic E-state index is -0.0781. The molecule has 4 atom stereocenters. The fraction of sp³-hybridized carbons (Fsp3) is 0.900. The maximum absolute atomic E-state index is 12.0. The van der Waals surface area contributed by atoms with Crippen molar-refractivity contribution in [3.8, 4) is 0 Å². The van der Waals surface area contributed by atoms with Crippen molar-refractivity contribution in [2.75, 3.05) is 0 Å². The van der Waals surface area contributed by atoms with Gasteiger partial charge in [-0.2, -0.15) is 0 Å². The van der Waals surface area contributed by atoms with E-state index in [4.69, 9.17) is 0 Å². The van der Waals surface area contributed by atoms with Crippen LogP contribution in [0.5, 0.6) is 0 Å². The molecule has 0 heterocycles. The van der Waals surface area contributed by atoms with E-state index < -0.39 is 0 Å². The number of Topliss-reactive ketones (excluding diaryl/α,β-unsaturated/α-hetero) is 1. The van der Waals surface area contributed by atoms with Gasteiger partial charge in [0, 0.05) is 5.41 Å². The lowest BCUT2D eigenvalue weighted by molar-refractivity contribution is -0.126. The molecule has 4 bridgehead atoms. The Morgan fingerprint density at radius 3 is 2.08 bits per heavy atom. The lowest BCUT2D eigenvalue weighted by Gasteiger charge is -2.32. The van der Waals surface area contributed by atoms with Crippen LogP contribution in [0.2, 0.25) is 0 Å². The second-order valence-corrected chi connectivity index (χ2v) is 6.75. The standard InChI is InChI=1S/C10H13BrO/c1-8(2)6-5-4-9(8,3)7(12)10(5,6)11/h5-6H,4H2,1-3H3/t5-,6+,9+,10+/m0/s1. The lowest BCUT2D eigenvalue weighted by Crippen LogP contribution is -2.32. The zero-order chi connectivity index (χ0) is 8.94. The molecule has 0 aromatic rings. The summed E-state index contributed by atoms with van der Waals surface area (Å²) in [6, 6.07) is 0. The molecular formula is C10H13BrO. The van der Waals surface area contributed by atoms with Crippen LogP contribution in [0.15, 0.2) is 0 Å². The monoisotopic (exact) mass is 228 g/mol. The first kappa shape index (κ1) is 7.54. The van der Waals surface area contributed by atoms with Gasteiger partial charge in [-0.1, -0.05) is 36.7 Å². The Labute approximate surface area is 81.0 Å². The van der Waals surface area contributed by atoms with Crippen molar-refractivity contribution in [3.05, 3.63) is 0 Å². The van der Waals surface area contributed by atoms with Gasteiger partial charge >= 0.3 is 0 Å². The number of carbonyl (C=O) groups excluding carboxylic acids is 1. The van der Waals surface area contributed by atoms with Gasteiger partial charge in [0.25, 0.3) is 0 Å². The van der Waals surface area contributed by atoms with Gasteiger partial charge in [-0.15, -0.1) is 0 Å². The van der Waals surface area contributed by atoms with Crippen molar-refractivity contribution in [1.82, 2.24) is 0 Å². The highest BCUT2D eigenvalue weighted by Crippen LogP contribution is 2.86. The number of hydrogen-bond donors (Lipinski definition) is 0. The summed E-state index contributed by atoms with van der Waals surface area (Å²) in [5.74, 6) is 1.77. The highest BCUT2D eigenvalue weighted by Gasteiger charge is 2.90. The quantitative estimate of drug-likeness (QED) is 0.583. The molecule has 2 heteroatoms. The van der Waals surface area contributed by atoms with Crippen LogP contribution in [-0.4, -0.2) is 10.1 Å². The summed E-state index contributed by atoms with van der Waals surface area (Å²) >= 11 is 3.65. The van der Waals surface area contributed by atoms with E-state index in [-0.39, 0.29) is 15.2 Å². The molecule has 66 valence electrons. The highest BCUT2D eigenvalue weighted by atomic mass is 79.9. The number of alkyl halides is 1. The Morgan fingerprint density at radius 1 is 1.42 bits per heavy atom. The van der Waals surface area contributed by atoms with Gasteiger partial charge in [0.05, 0.1) is 4.32 Å². The lowest BCUT2D eigenvalue weighted by atomic mass is 9.70. The van der Waals surface area contributed by atoms with E-state index >= 15 is 0 Å². The molecule has 0 aromatic carbocycles. The van der Waals surface area contributed by atoms with E-state index in [0.29, 0.717) is 17.6 Å². The predicted molar refractivity (Wildman–Crippen MR) is 50.2 cm³/mol. The summed E-state index contributed by atoms with van der Waals surface area (Å²) in [7, 11) is 0. The van der Waals surface area contributed by atoms with Gasteiger partial charge in [-0.25, -0.2) is 0 Å². The predicted octanol–water partition coefficient (Wildman–Crippen LogP) is 2.39. The van der Waals surface area contributed by atoms with Gasteiger partial charge in [-0.05, 0) is 23.7 Å². The van der Waals surface area contributed by atoms with Crippen LogP contribution in [0.25, 0.3) is 0 Å². The van der Waals surface area contributed by atoms with Gasteiger partial charge < -0.3 is 0 Å². The topological polar surface area (TPSA) is 17.1 Å². The minimum Gasteiger partial charge on any atom is -0.297 e. The van der Waals surface area contributed by atoms with E-state index in [1.165, 1.54) is 0 Å². The normalized spacial score (nSPS) is 64.2. The second-order valence-electron chi connectivity index (χ2n) is 5.44. The molecule has 4 fully saturated rings. The summed E-state index contributed by atoms with van der Waals surface area (Å²) in [5, 5.41) is 0. The van der Waals surface area contributed by atoms with E-state index in [0.717, 1.165) is 6.42 Å². The molecule has 0 radical (unpaired) electrons. The Kier molecular flexibility index (Phi) is 0.911. The van der Waals surface area contributed by atoms with Crippen molar-refractivity contribution in [1.29, 1.82) is 0 Å². The van der Waals surface area contributed by atoms with Gasteiger partial charge in [0.1, 0.15) is 0 Å². The Hall–Kier alpha value is 0.150. The minimum absolute atomic E-state index is 0.0220. The van der Waals surface area contributed by atoms with Crippen molar-refractivity contribution in [2.24, 2.45) is 22.7 Å². The SMILES string of the molecule is CC1(C)[C@H]2[C@@H]3C[C@]1(C)C(=O)[C@]23Br. The fourth-order valence-corrected chi connectivity index (χ4v) is 5.51. The average Bonchev–Trinajstić information content (AvgIpc) is 2.35. The number of hydrogen-bond acceptors (Lipinski definition) is 1. The maximum Gasteiger partial charge on any atom is 0.156 e. The first-order valence-electron chi connectivity index (χ1n) is 4.60. The average molecular weight is 229 g/mol. The van der Waals surface area contributed by atoms with E-state index in [9.17, 15) is 4.79 Å². The molecule has 4 saturated carbocycles. The van der Waals surface area contributed by atoms with Crippen LogP contribution in [-0.2, 0) is 4.79 Å². The summed E-state index contributed by atoms with van der Waals surface area (Å²) in [4.78, 5) is 12.0. The summed E-state index contributed by atoms with van der Waals surface area (Å²) in [6.07, 6.45) is 1.12. The third kappa shape index (κ3) is 0.399. The van der Waals surface area contributed by atoms with Gasteiger partial charge in [0.15, 0.2) is 5.78 Å². The van der Waals surface area contributed by atoms with Crippen molar-refractivity contribution >= 4 is 21.7 Å². The molecule has 0 spiro atoms. The number of halogens is 1. The molecule has 4 aliphatic rings. The van der Waals surface area contributed by atoms with Crippen molar-refractivity contribution < 1.29 is 4.79 Å². The van der Waals surface area contributed by atoms with E-state index in [1.54, 1.807) is 0 Å². The zero-order valence-electron chi connectivity index (χ0n) is 7.65. The Balaban J connectivity index is 2.26. The van der Waals surface area contributed by atoms with Crippen LogP contribution in [0.3, 0.4) is 0 Å². The Morgan fingerprint density at radius 2 is 2.00 bits per heavy atom. The molecule has 0 unspecified atom stereocenters. The van der Waals surface area contributed by atoms with Crippen LogP contribution in [0, 0.1) is 22.7 Å². The molecular weight excluding hydrogens is 216 g/mol. The van der Waals surface area contributed by atoms with Crippen LogP contribution in [0.4, 0.5) is 0 Å². The molecule has 4 aliphatic carbocycles. The van der Waals surface area contributed by atoms with Crippen LogP contribution in [0.1, 0.15) is 27.2 Å². The molecule has 1 nitrogen and oxygen atoms in total. The number of ketones is 1. The summed E-state index contributed by atoms with van der Waals surface area (Å²) in [6.45, 7) is 6.66. The fourth-order valence-electron chi connectivity index (χ4n) is 3.88. The highest BCUT2D eigenvalue weighted by molar-refractivity contribution is 9.10. The molecule has 12 heavy (non-hydrogen) atoms. The van der Waals surface area contributed by atoms with Crippen LogP contribution < -0.4 is 0 Å². The molecule has 0 amide bonds. The molecule has 0 aliphatic heterocycles. The largest absolute Gasteiger partial charge is 0.297 e. The third-order valence-electron chi connectivity index (χ3n) is 4.96. The molecule has 0 aromatic heterocycles. The summed E-state index contributed by atoms with van der Waals surface area (Å²) in [5.41, 5.74) is 0.212. The van der Waals surface area contributed by atoms with Crippen LogP contribution >= 0.6 is 15.9 Å². The van der Waals surface area contributed by atoms with Crippen molar-refractivity contribution in [2.45, 2.75) is 31.5 Å². The van der Waals surface area contributed by atoms with Gasteiger partial charge in [0.2, 0.25) is 0 Å². The third-order valence-corrected chi connectivity index (χ3v) is 6.40. The van der Waals surface area contributed by atoms with Gasteiger partial charge in [-0.3, -0.25) is 4.79 Å². The molecule has 0 N–H and O–H groups in total.